The van der Waals surface area contributed by atoms with Crippen LogP contribution in [0.5, 0.6) is 0 Å². The summed E-state index contributed by atoms with van der Waals surface area (Å²) in [5, 5.41) is 10.2. The first kappa shape index (κ1) is 16.0. The van der Waals surface area contributed by atoms with Gasteiger partial charge < -0.3 is 5.11 Å². The van der Waals surface area contributed by atoms with Gasteiger partial charge in [0, 0.05) is 24.7 Å². The fourth-order valence-electron chi connectivity index (χ4n) is 3.21. The van der Waals surface area contributed by atoms with Gasteiger partial charge in [-0.1, -0.05) is 48.0 Å². The molecule has 0 saturated carbocycles. The average molecular weight is 334 g/mol. The van der Waals surface area contributed by atoms with Gasteiger partial charge in [-0.25, -0.2) is 4.39 Å². The van der Waals surface area contributed by atoms with E-state index in [-0.39, 0.29) is 5.82 Å². The standard InChI is InChI=1S/C18H17ClFNO2/c19-16-10-15(20)7-6-13(16)11-21-9-8-18(12-21,17(22)23)14-4-2-1-3-5-14/h1-7,10H,8-9,11-12H2,(H,22,23). The Morgan fingerprint density at radius 1 is 1.26 bits per heavy atom. The van der Waals surface area contributed by atoms with E-state index in [4.69, 9.17) is 11.6 Å². The molecule has 0 aliphatic carbocycles. The highest BCUT2D eigenvalue weighted by Crippen LogP contribution is 2.36. The van der Waals surface area contributed by atoms with Gasteiger partial charge in [-0.15, -0.1) is 0 Å². The van der Waals surface area contributed by atoms with Crippen molar-refractivity contribution in [2.45, 2.75) is 18.4 Å². The molecular formula is C18H17ClFNO2. The van der Waals surface area contributed by atoms with E-state index < -0.39 is 11.4 Å². The van der Waals surface area contributed by atoms with Crippen LogP contribution in [-0.4, -0.2) is 29.1 Å². The predicted molar refractivity (Wildman–Crippen MR) is 87.1 cm³/mol. The Balaban J connectivity index is 1.82. The first-order valence-electron chi connectivity index (χ1n) is 7.46. The van der Waals surface area contributed by atoms with Crippen LogP contribution in [0.3, 0.4) is 0 Å². The molecule has 23 heavy (non-hydrogen) atoms. The van der Waals surface area contributed by atoms with Crippen molar-refractivity contribution >= 4 is 17.6 Å². The van der Waals surface area contributed by atoms with Crippen LogP contribution in [0.4, 0.5) is 4.39 Å². The summed E-state index contributed by atoms with van der Waals surface area (Å²) in [7, 11) is 0. The number of hydrogen-bond donors (Lipinski definition) is 1. The topological polar surface area (TPSA) is 40.5 Å². The molecule has 1 aliphatic heterocycles. The maximum absolute atomic E-state index is 13.1. The van der Waals surface area contributed by atoms with Crippen LogP contribution in [0.2, 0.25) is 5.02 Å². The normalized spacial score (nSPS) is 21.5. The third kappa shape index (κ3) is 3.09. The lowest BCUT2D eigenvalue weighted by Crippen LogP contribution is -2.38. The molecule has 0 spiro atoms. The molecule has 5 heteroatoms. The Labute approximate surface area is 139 Å². The number of nitrogens with zero attached hydrogens (tertiary/aromatic N) is 1. The third-order valence-corrected chi connectivity index (χ3v) is 4.85. The molecule has 0 radical (unpaired) electrons. The van der Waals surface area contributed by atoms with Gasteiger partial charge in [0.05, 0.1) is 0 Å². The predicted octanol–water partition coefficient (Wildman–Crippen LogP) is 3.71. The number of likely N-dealkylation sites (tertiary alicyclic amines) is 1. The molecule has 0 aromatic heterocycles. The first-order valence-corrected chi connectivity index (χ1v) is 7.84. The smallest absolute Gasteiger partial charge is 0.315 e. The number of carbonyl (C=O) groups is 1. The maximum Gasteiger partial charge on any atom is 0.315 e. The molecule has 0 bridgehead atoms. The largest absolute Gasteiger partial charge is 0.481 e. The van der Waals surface area contributed by atoms with Crippen LogP contribution in [0.1, 0.15) is 17.5 Å². The number of rotatable bonds is 4. The Morgan fingerprint density at radius 2 is 2.00 bits per heavy atom. The molecule has 3 nitrogen and oxygen atoms in total. The Hall–Kier alpha value is -1.91. The minimum absolute atomic E-state index is 0.371. The van der Waals surface area contributed by atoms with E-state index >= 15 is 0 Å². The summed E-state index contributed by atoms with van der Waals surface area (Å²) in [6.07, 6.45) is 0.547. The zero-order valence-electron chi connectivity index (χ0n) is 12.5. The maximum atomic E-state index is 13.1. The van der Waals surface area contributed by atoms with E-state index in [1.54, 1.807) is 6.07 Å². The number of halogens is 2. The van der Waals surface area contributed by atoms with E-state index in [2.05, 4.69) is 4.90 Å². The van der Waals surface area contributed by atoms with Crippen LogP contribution < -0.4 is 0 Å². The summed E-state index contributed by atoms with van der Waals surface area (Å²) in [5.74, 6) is -1.18. The van der Waals surface area contributed by atoms with Crippen LogP contribution in [-0.2, 0) is 16.8 Å². The van der Waals surface area contributed by atoms with Gasteiger partial charge in [0.2, 0.25) is 0 Å². The molecule has 1 aliphatic rings. The van der Waals surface area contributed by atoms with Gasteiger partial charge in [-0.3, -0.25) is 9.69 Å². The van der Waals surface area contributed by atoms with Gasteiger partial charge in [0.15, 0.2) is 0 Å². The monoisotopic (exact) mass is 333 g/mol. The SMILES string of the molecule is O=C(O)C1(c2ccccc2)CCN(Cc2ccc(F)cc2Cl)C1. The zero-order chi connectivity index (χ0) is 16.4. The van der Waals surface area contributed by atoms with Crippen LogP contribution in [0.25, 0.3) is 0 Å². The number of carboxylic acids is 1. The van der Waals surface area contributed by atoms with Gasteiger partial charge in [-0.2, -0.15) is 0 Å². The second-order valence-electron chi connectivity index (χ2n) is 5.95. The van der Waals surface area contributed by atoms with Crippen molar-refractivity contribution in [3.63, 3.8) is 0 Å². The summed E-state index contributed by atoms with van der Waals surface area (Å²) >= 11 is 6.08. The molecule has 2 aromatic carbocycles. The van der Waals surface area contributed by atoms with E-state index in [1.165, 1.54) is 12.1 Å². The average Bonchev–Trinajstić information content (AvgIpc) is 2.96. The molecule has 3 rings (SSSR count). The summed E-state index contributed by atoms with van der Waals surface area (Å²) < 4.78 is 13.1. The van der Waals surface area contributed by atoms with Gasteiger partial charge >= 0.3 is 5.97 Å². The van der Waals surface area contributed by atoms with Crippen molar-refractivity contribution in [2.24, 2.45) is 0 Å². The quantitative estimate of drug-likeness (QED) is 0.927. The zero-order valence-corrected chi connectivity index (χ0v) is 13.3. The third-order valence-electron chi connectivity index (χ3n) is 4.49. The first-order chi connectivity index (χ1) is 11.0. The summed E-state index contributed by atoms with van der Waals surface area (Å²) in [6.45, 7) is 1.59. The number of carboxylic acid groups (broad SMARTS) is 1. The molecule has 0 amide bonds. The van der Waals surface area contributed by atoms with Gasteiger partial charge in [0.1, 0.15) is 11.2 Å². The number of hydrogen-bond acceptors (Lipinski definition) is 2. The molecule has 1 atom stereocenters. The Bertz CT molecular complexity index is 722. The molecule has 1 saturated heterocycles. The van der Waals surface area contributed by atoms with Crippen LogP contribution in [0, 0.1) is 5.82 Å². The fraction of sp³-hybridized carbons (Fsp3) is 0.278. The lowest BCUT2D eigenvalue weighted by atomic mass is 9.80. The van der Waals surface area contributed by atoms with Crippen molar-refractivity contribution in [2.75, 3.05) is 13.1 Å². The Kier molecular flexibility index (Phi) is 4.37. The molecular weight excluding hydrogens is 317 g/mol. The minimum Gasteiger partial charge on any atom is -0.481 e. The number of aliphatic carboxylic acids is 1. The molecule has 1 N–H and O–H groups in total. The highest BCUT2D eigenvalue weighted by molar-refractivity contribution is 6.31. The molecule has 1 fully saturated rings. The molecule has 120 valence electrons. The second-order valence-corrected chi connectivity index (χ2v) is 6.36. The van der Waals surface area contributed by atoms with E-state index in [9.17, 15) is 14.3 Å². The van der Waals surface area contributed by atoms with Crippen molar-refractivity contribution < 1.29 is 14.3 Å². The molecule has 2 aromatic rings. The van der Waals surface area contributed by atoms with Crippen molar-refractivity contribution in [1.82, 2.24) is 4.90 Å². The minimum atomic E-state index is -0.895. The molecule has 1 heterocycles. The summed E-state index contributed by atoms with van der Waals surface area (Å²) in [5.41, 5.74) is 0.732. The van der Waals surface area contributed by atoms with Crippen molar-refractivity contribution in [3.8, 4) is 0 Å². The number of benzene rings is 2. The van der Waals surface area contributed by atoms with Crippen molar-refractivity contribution in [1.29, 1.82) is 0 Å². The van der Waals surface area contributed by atoms with Gasteiger partial charge in [-0.05, 0) is 29.7 Å². The molecule has 1 unspecified atom stereocenters. The second kappa shape index (κ2) is 6.30. The highest BCUT2D eigenvalue weighted by Gasteiger charge is 2.46. The highest BCUT2D eigenvalue weighted by atomic mass is 35.5. The Morgan fingerprint density at radius 3 is 2.65 bits per heavy atom. The van der Waals surface area contributed by atoms with Gasteiger partial charge in [0.25, 0.3) is 0 Å². The van der Waals surface area contributed by atoms with Crippen LogP contribution >= 0.6 is 11.6 Å². The van der Waals surface area contributed by atoms with E-state index in [0.717, 1.165) is 11.1 Å². The lowest BCUT2D eigenvalue weighted by Gasteiger charge is -2.25. The van der Waals surface area contributed by atoms with E-state index in [1.807, 2.05) is 30.3 Å². The van der Waals surface area contributed by atoms with Crippen molar-refractivity contribution in [3.05, 3.63) is 70.5 Å². The van der Waals surface area contributed by atoms with E-state index in [0.29, 0.717) is 31.1 Å². The van der Waals surface area contributed by atoms with Crippen LogP contribution in [0.15, 0.2) is 48.5 Å². The summed E-state index contributed by atoms with van der Waals surface area (Å²) in [4.78, 5) is 14.0. The summed E-state index contributed by atoms with van der Waals surface area (Å²) in [6, 6.07) is 13.6. The lowest BCUT2D eigenvalue weighted by molar-refractivity contribution is -0.143. The fourth-order valence-corrected chi connectivity index (χ4v) is 3.43.